The lowest BCUT2D eigenvalue weighted by Gasteiger charge is -2.33. The van der Waals surface area contributed by atoms with Crippen LogP contribution >= 0.6 is 0 Å². The van der Waals surface area contributed by atoms with Crippen molar-refractivity contribution in [3.8, 4) is 0 Å². The van der Waals surface area contributed by atoms with E-state index in [1.54, 1.807) is 0 Å². The SMILES string of the molecule is CCNC(c1cc(F)cc(F)c1)C1CCC(C)CC1. The van der Waals surface area contributed by atoms with Gasteiger partial charge in [0.05, 0.1) is 0 Å². The molecule has 1 N–H and O–H groups in total. The molecule has 2 rings (SSSR count). The number of rotatable bonds is 4. The van der Waals surface area contributed by atoms with Crippen LogP contribution in [-0.4, -0.2) is 6.54 Å². The van der Waals surface area contributed by atoms with E-state index in [1.807, 2.05) is 6.92 Å². The summed E-state index contributed by atoms with van der Waals surface area (Å²) in [5.41, 5.74) is 0.749. The zero-order chi connectivity index (χ0) is 13.8. The third kappa shape index (κ3) is 3.75. The van der Waals surface area contributed by atoms with E-state index >= 15 is 0 Å². The zero-order valence-electron chi connectivity index (χ0n) is 11.8. The van der Waals surface area contributed by atoms with Gasteiger partial charge in [-0.2, -0.15) is 0 Å². The smallest absolute Gasteiger partial charge is 0.126 e. The molecule has 1 aromatic carbocycles. The lowest BCUT2D eigenvalue weighted by atomic mass is 9.77. The van der Waals surface area contributed by atoms with Gasteiger partial charge in [0, 0.05) is 12.1 Å². The second-order valence-electron chi connectivity index (χ2n) is 5.76. The lowest BCUT2D eigenvalue weighted by Crippen LogP contribution is -2.30. The monoisotopic (exact) mass is 267 g/mol. The molecule has 1 aliphatic carbocycles. The highest BCUT2D eigenvalue weighted by molar-refractivity contribution is 5.22. The first-order valence-corrected chi connectivity index (χ1v) is 7.29. The number of nitrogens with one attached hydrogen (secondary N) is 1. The number of hydrogen-bond acceptors (Lipinski definition) is 1. The fraction of sp³-hybridized carbons (Fsp3) is 0.625. The molecule has 0 aromatic heterocycles. The van der Waals surface area contributed by atoms with Crippen molar-refractivity contribution < 1.29 is 8.78 Å². The number of halogens is 2. The number of benzene rings is 1. The van der Waals surface area contributed by atoms with E-state index in [2.05, 4.69) is 12.2 Å². The maximum Gasteiger partial charge on any atom is 0.126 e. The van der Waals surface area contributed by atoms with Crippen molar-refractivity contribution in [2.75, 3.05) is 6.54 Å². The average Bonchev–Trinajstić information content (AvgIpc) is 2.36. The molecule has 1 saturated carbocycles. The Labute approximate surface area is 114 Å². The highest BCUT2D eigenvalue weighted by Crippen LogP contribution is 2.37. The largest absolute Gasteiger partial charge is 0.310 e. The Morgan fingerprint density at radius 2 is 1.68 bits per heavy atom. The summed E-state index contributed by atoms with van der Waals surface area (Å²) in [4.78, 5) is 0. The van der Waals surface area contributed by atoms with Gasteiger partial charge in [0.2, 0.25) is 0 Å². The third-order valence-electron chi connectivity index (χ3n) is 4.20. The van der Waals surface area contributed by atoms with Gasteiger partial charge in [-0.15, -0.1) is 0 Å². The second-order valence-corrected chi connectivity index (χ2v) is 5.76. The zero-order valence-corrected chi connectivity index (χ0v) is 11.8. The van der Waals surface area contributed by atoms with Crippen LogP contribution in [0.2, 0.25) is 0 Å². The van der Waals surface area contributed by atoms with E-state index in [4.69, 9.17) is 0 Å². The van der Waals surface area contributed by atoms with Crippen LogP contribution in [0.25, 0.3) is 0 Å². The lowest BCUT2D eigenvalue weighted by molar-refractivity contribution is 0.232. The van der Waals surface area contributed by atoms with Crippen LogP contribution in [0.3, 0.4) is 0 Å². The second kappa shape index (κ2) is 6.47. The van der Waals surface area contributed by atoms with Crippen molar-refractivity contribution >= 4 is 0 Å². The Balaban J connectivity index is 2.19. The van der Waals surface area contributed by atoms with Gasteiger partial charge >= 0.3 is 0 Å². The summed E-state index contributed by atoms with van der Waals surface area (Å²) >= 11 is 0. The van der Waals surface area contributed by atoms with Crippen LogP contribution in [0.15, 0.2) is 18.2 Å². The highest BCUT2D eigenvalue weighted by Gasteiger charge is 2.27. The van der Waals surface area contributed by atoms with Gasteiger partial charge in [-0.1, -0.05) is 26.7 Å². The van der Waals surface area contributed by atoms with E-state index in [9.17, 15) is 8.78 Å². The molecule has 1 fully saturated rings. The molecule has 19 heavy (non-hydrogen) atoms. The molecule has 1 aromatic rings. The van der Waals surface area contributed by atoms with E-state index in [1.165, 1.54) is 25.0 Å². The first-order chi connectivity index (χ1) is 9.10. The molecule has 1 aliphatic rings. The predicted octanol–water partition coefficient (Wildman–Crippen LogP) is 4.44. The normalized spacial score (nSPS) is 25.3. The molecule has 0 bridgehead atoms. The van der Waals surface area contributed by atoms with Crippen LogP contribution in [0.4, 0.5) is 8.78 Å². The topological polar surface area (TPSA) is 12.0 Å². The molecule has 1 unspecified atom stereocenters. The molecule has 0 radical (unpaired) electrons. The van der Waals surface area contributed by atoms with Crippen molar-refractivity contribution in [1.29, 1.82) is 0 Å². The average molecular weight is 267 g/mol. The van der Waals surface area contributed by atoms with Gasteiger partial charge in [0.25, 0.3) is 0 Å². The van der Waals surface area contributed by atoms with Crippen LogP contribution < -0.4 is 5.32 Å². The van der Waals surface area contributed by atoms with Gasteiger partial charge in [-0.05, 0) is 48.9 Å². The van der Waals surface area contributed by atoms with E-state index in [0.717, 1.165) is 36.9 Å². The van der Waals surface area contributed by atoms with Gasteiger partial charge in [0.1, 0.15) is 11.6 Å². The molecule has 0 spiro atoms. The quantitative estimate of drug-likeness (QED) is 0.850. The fourth-order valence-corrected chi connectivity index (χ4v) is 3.15. The van der Waals surface area contributed by atoms with Gasteiger partial charge in [0.15, 0.2) is 0 Å². The van der Waals surface area contributed by atoms with Crippen LogP contribution in [0.1, 0.15) is 51.1 Å². The number of hydrogen-bond donors (Lipinski definition) is 1. The summed E-state index contributed by atoms with van der Waals surface area (Å²) < 4.78 is 26.8. The Morgan fingerprint density at radius 3 is 2.21 bits per heavy atom. The van der Waals surface area contributed by atoms with Crippen molar-refractivity contribution in [3.05, 3.63) is 35.4 Å². The van der Waals surface area contributed by atoms with Crippen LogP contribution in [-0.2, 0) is 0 Å². The van der Waals surface area contributed by atoms with Gasteiger partial charge in [-0.3, -0.25) is 0 Å². The minimum Gasteiger partial charge on any atom is -0.310 e. The molecule has 106 valence electrons. The Morgan fingerprint density at radius 1 is 1.11 bits per heavy atom. The Kier molecular flexibility index (Phi) is 4.92. The first kappa shape index (κ1) is 14.4. The van der Waals surface area contributed by atoms with E-state index in [0.29, 0.717) is 5.92 Å². The Hall–Kier alpha value is -0.960. The predicted molar refractivity (Wildman–Crippen MR) is 73.9 cm³/mol. The van der Waals surface area contributed by atoms with Crippen molar-refractivity contribution in [2.45, 2.75) is 45.6 Å². The molecule has 1 atom stereocenters. The highest BCUT2D eigenvalue weighted by atomic mass is 19.1. The molecule has 3 heteroatoms. The molecule has 0 amide bonds. The first-order valence-electron chi connectivity index (χ1n) is 7.29. The summed E-state index contributed by atoms with van der Waals surface area (Å²) in [6.07, 6.45) is 4.70. The summed E-state index contributed by atoms with van der Waals surface area (Å²) in [6.45, 7) is 5.13. The minimum absolute atomic E-state index is 0.0719. The van der Waals surface area contributed by atoms with E-state index in [-0.39, 0.29) is 6.04 Å². The van der Waals surface area contributed by atoms with Gasteiger partial charge < -0.3 is 5.32 Å². The van der Waals surface area contributed by atoms with Gasteiger partial charge in [-0.25, -0.2) is 8.78 Å². The summed E-state index contributed by atoms with van der Waals surface area (Å²) in [5.74, 6) is 0.296. The molecule has 0 saturated heterocycles. The maximum absolute atomic E-state index is 13.4. The van der Waals surface area contributed by atoms with E-state index < -0.39 is 11.6 Å². The standard InChI is InChI=1S/C16H23F2N/c1-3-19-16(12-6-4-11(2)5-7-12)13-8-14(17)10-15(18)9-13/h8-12,16,19H,3-7H2,1-2H3. The summed E-state index contributed by atoms with van der Waals surface area (Å²) in [5, 5.41) is 3.40. The molecule has 0 heterocycles. The van der Waals surface area contributed by atoms with Crippen LogP contribution in [0, 0.1) is 23.5 Å². The minimum atomic E-state index is -0.484. The maximum atomic E-state index is 13.4. The summed E-state index contributed by atoms with van der Waals surface area (Å²) in [6, 6.07) is 3.95. The molecular formula is C16H23F2N. The third-order valence-corrected chi connectivity index (χ3v) is 4.20. The Bertz CT molecular complexity index is 391. The molecule has 0 aliphatic heterocycles. The van der Waals surface area contributed by atoms with Crippen LogP contribution in [0.5, 0.6) is 0 Å². The fourth-order valence-electron chi connectivity index (χ4n) is 3.15. The van der Waals surface area contributed by atoms with Crippen molar-refractivity contribution in [1.82, 2.24) is 5.32 Å². The molecular weight excluding hydrogens is 244 g/mol. The summed E-state index contributed by atoms with van der Waals surface area (Å²) in [7, 11) is 0. The van der Waals surface area contributed by atoms with Crippen molar-refractivity contribution in [2.24, 2.45) is 11.8 Å². The molecule has 1 nitrogen and oxygen atoms in total. The van der Waals surface area contributed by atoms with Crippen molar-refractivity contribution in [3.63, 3.8) is 0 Å².